The number of aryl methyl sites for hydroxylation is 1. The maximum absolute atomic E-state index is 12.0. The second kappa shape index (κ2) is 6.64. The van der Waals surface area contributed by atoms with Gasteiger partial charge in [0.2, 0.25) is 11.7 Å². The zero-order chi connectivity index (χ0) is 16.2. The Morgan fingerprint density at radius 2 is 1.91 bits per heavy atom. The molecule has 6 nitrogen and oxygen atoms in total. The highest BCUT2D eigenvalue weighted by Crippen LogP contribution is 2.19. The van der Waals surface area contributed by atoms with Crippen molar-refractivity contribution < 1.29 is 14.1 Å². The highest BCUT2D eigenvalue weighted by molar-refractivity contribution is 5.94. The molecule has 120 valence electrons. The topological polar surface area (TPSA) is 75.4 Å². The molecule has 0 atom stereocenters. The van der Waals surface area contributed by atoms with Gasteiger partial charge >= 0.3 is 0 Å². The van der Waals surface area contributed by atoms with Gasteiger partial charge in [-0.15, -0.1) is 0 Å². The van der Waals surface area contributed by atoms with Crippen molar-refractivity contribution in [3.63, 3.8) is 0 Å². The van der Waals surface area contributed by atoms with E-state index in [-0.39, 0.29) is 18.2 Å². The Morgan fingerprint density at radius 1 is 1.22 bits per heavy atom. The van der Waals surface area contributed by atoms with Crippen molar-refractivity contribution >= 4 is 11.8 Å². The van der Waals surface area contributed by atoms with Crippen LogP contribution in [0.3, 0.4) is 0 Å². The smallest absolute Gasteiger partial charge is 0.290 e. The summed E-state index contributed by atoms with van der Waals surface area (Å²) in [5.74, 6) is -0.382. The Bertz CT molecular complexity index is 700. The maximum atomic E-state index is 12.0. The van der Waals surface area contributed by atoms with E-state index in [1.807, 2.05) is 31.2 Å². The summed E-state index contributed by atoms with van der Waals surface area (Å²) in [7, 11) is 0. The van der Waals surface area contributed by atoms with Crippen molar-refractivity contribution in [3.8, 4) is 11.3 Å². The SMILES string of the molecule is Cc1ccc(-c2cc(C(=O)NCC(=O)N3CCCC3)on2)cc1. The van der Waals surface area contributed by atoms with E-state index in [0.717, 1.165) is 37.1 Å². The van der Waals surface area contributed by atoms with Crippen molar-refractivity contribution in [3.05, 3.63) is 41.7 Å². The minimum Gasteiger partial charge on any atom is -0.350 e. The third-order valence-corrected chi connectivity index (χ3v) is 3.94. The Kier molecular flexibility index (Phi) is 4.41. The van der Waals surface area contributed by atoms with E-state index in [0.29, 0.717) is 5.69 Å². The van der Waals surface area contributed by atoms with E-state index in [2.05, 4.69) is 10.5 Å². The molecule has 0 spiro atoms. The first-order valence-corrected chi connectivity index (χ1v) is 7.73. The van der Waals surface area contributed by atoms with Crippen LogP contribution in [0.2, 0.25) is 0 Å². The molecule has 2 amide bonds. The average molecular weight is 313 g/mol. The van der Waals surface area contributed by atoms with E-state index in [4.69, 9.17) is 4.52 Å². The van der Waals surface area contributed by atoms with Crippen molar-refractivity contribution in [2.24, 2.45) is 0 Å². The quantitative estimate of drug-likeness (QED) is 0.937. The molecule has 1 aromatic heterocycles. The van der Waals surface area contributed by atoms with Gasteiger partial charge in [0.15, 0.2) is 0 Å². The number of aromatic nitrogens is 1. The van der Waals surface area contributed by atoms with Crippen molar-refractivity contribution in [2.75, 3.05) is 19.6 Å². The van der Waals surface area contributed by atoms with E-state index < -0.39 is 5.91 Å². The fourth-order valence-electron chi connectivity index (χ4n) is 2.56. The van der Waals surface area contributed by atoms with Gasteiger partial charge in [0.1, 0.15) is 5.69 Å². The molecule has 1 N–H and O–H groups in total. The third kappa shape index (κ3) is 3.59. The van der Waals surface area contributed by atoms with Gasteiger partial charge in [-0.2, -0.15) is 0 Å². The molecule has 0 radical (unpaired) electrons. The first-order valence-electron chi connectivity index (χ1n) is 7.73. The van der Waals surface area contributed by atoms with E-state index in [1.54, 1.807) is 11.0 Å². The van der Waals surface area contributed by atoms with Crippen LogP contribution in [0.1, 0.15) is 29.0 Å². The molecule has 1 aromatic carbocycles. The van der Waals surface area contributed by atoms with E-state index in [9.17, 15) is 9.59 Å². The lowest BCUT2D eigenvalue weighted by Gasteiger charge is -2.14. The fourth-order valence-corrected chi connectivity index (χ4v) is 2.56. The first kappa shape index (κ1) is 15.3. The predicted octanol–water partition coefficient (Wildman–Crippen LogP) is 2.00. The molecule has 1 aliphatic heterocycles. The summed E-state index contributed by atoms with van der Waals surface area (Å²) in [4.78, 5) is 25.7. The second-order valence-corrected chi connectivity index (χ2v) is 5.71. The standard InChI is InChI=1S/C17H19N3O3/c1-12-4-6-13(7-5-12)14-10-15(23-19-14)17(22)18-11-16(21)20-8-2-3-9-20/h4-7,10H,2-3,8-9,11H2,1H3,(H,18,22). The molecule has 2 aromatic rings. The van der Waals surface area contributed by atoms with Crippen molar-refractivity contribution in [1.29, 1.82) is 0 Å². The molecule has 0 aliphatic carbocycles. The van der Waals surface area contributed by atoms with Gasteiger partial charge < -0.3 is 14.7 Å². The van der Waals surface area contributed by atoms with Crippen LogP contribution in [-0.4, -0.2) is 41.5 Å². The summed E-state index contributed by atoms with van der Waals surface area (Å²) in [5, 5.41) is 6.50. The van der Waals surface area contributed by atoms with Crippen LogP contribution in [0, 0.1) is 6.92 Å². The van der Waals surface area contributed by atoms with Crippen molar-refractivity contribution in [1.82, 2.24) is 15.4 Å². The summed E-state index contributed by atoms with van der Waals surface area (Å²) < 4.78 is 5.08. The number of hydrogen-bond acceptors (Lipinski definition) is 4. The monoisotopic (exact) mass is 313 g/mol. The van der Waals surface area contributed by atoms with Crippen LogP contribution >= 0.6 is 0 Å². The largest absolute Gasteiger partial charge is 0.350 e. The molecule has 6 heteroatoms. The summed E-state index contributed by atoms with van der Waals surface area (Å²) in [6, 6.07) is 9.37. The molecule has 1 aliphatic rings. The lowest BCUT2D eigenvalue weighted by molar-refractivity contribution is -0.129. The zero-order valence-electron chi connectivity index (χ0n) is 13.0. The first-order chi connectivity index (χ1) is 11.1. The van der Waals surface area contributed by atoms with Crippen molar-refractivity contribution in [2.45, 2.75) is 19.8 Å². The van der Waals surface area contributed by atoms with Gasteiger partial charge in [0.25, 0.3) is 5.91 Å². The molecular formula is C17H19N3O3. The van der Waals surface area contributed by atoms with E-state index >= 15 is 0 Å². The van der Waals surface area contributed by atoms with Crippen LogP contribution in [0.25, 0.3) is 11.3 Å². The number of benzene rings is 1. The molecule has 1 saturated heterocycles. The van der Waals surface area contributed by atoms with Gasteiger partial charge in [-0.3, -0.25) is 9.59 Å². The highest BCUT2D eigenvalue weighted by Gasteiger charge is 2.20. The van der Waals surface area contributed by atoms with Gasteiger partial charge in [-0.25, -0.2) is 0 Å². The van der Waals surface area contributed by atoms with Crippen LogP contribution in [0.4, 0.5) is 0 Å². The number of rotatable bonds is 4. The number of nitrogens with one attached hydrogen (secondary N) is 1. The summed E-state index contributed by atoms with van der Waals surface area (Å²) in [5.41, 5.74) is 2.63. The number of amides is 2. The Balaban J connectivity index is 1.59. The predicted molar refractivity (Wildman–Crippen MR) is 84.8 cm³/mol. The normalized spacial score (nSPS) is 14.0. The van der Waals surface area contributed by atoms with Crippen LogP contribution in [0.5, 0.6) is 0 Å². The Labute approximate surface area is 134 Å². The average Bonchev–Trinajstić information content (AvgIpc) is 3.24. The summed E-state index contributed by atoms with van der Waals surface area (Å²) >= 11 is 0. The lowest BCUT2D eigenvalue weighted by Crippen LogP contribution is -2.38. The number of likely N-dealkylation sites (tertiary alicyclic amines) is 1. The Hall–Kier alpha value is -2.63. The minimum absolute atomic E-state index is 0.0145. The zero-order valence-corrected chi connectivity index (χ0v) is 13.0. The summed E-state index contributed by atoms with van der Waals surface area (Å²) in [6.07, 6.45) is 2.06. The number of hydrogen-bond donors (Lipinski definition) is 1. The molecule has 0 saturated carbocycles. The number of nitrogens with zero attached hydrogens (tertiary/aromatic N) is 2. The van der Waals surface area contributed by atoms with Gasteiger partial charge in [0, 0.05) is 24.7 Å². The molecule has 1 fully saturated rings. The highest BCUT2D eigenvalue weighted by atomic mass is 16.5. The third-order valence-electron chi connectivity index (χ3n) is 3.94. The van der Waals surface area contributed by atoms with Crippen LogP contribution in [-0.2, 0) is 4.79 Å². The molecule has 23 heavy (non-hydrogen) atoms. The fraction of sp³-hybridized carbons (Fsp3) is 0.353. The molecule has 3 rings (SSSR count). The minimum atomic E-state index is -0.427. The summed E-state index contributed by atoms with van der Waals surface area (Å²) in [6.45, 7) is 3.53. The lowest BCUT2D eigenvalue weighted by atomic mass is 10.1. The second-order valence-electron chi connectivity index (χ2n) is 5.71. The maximum Gasteiger partial charge on any atom is 0.290 e. The molecule has 2 heterocycles. The molecule has 0 bridgehead atoms. The van der Waals surface area contributed by atoms with Gasteiger partial charge in [-0.1, -0.05) is 35.0 Å². The molecule has 0 unspecified atom stereocenters. The van der Waals surface area contributed by atoms with Gasteiger partial charge in [-0.05, 0) is 19.8 Å². The van der Waals surface area contributed by atoms with Crippen LogP contribution < -0.4 is 5.32 Å². The Morgan fingerprint density at radius 3 is 2.61 bits per heavy atom. The van der Waals surface area contributed by atoms with Gasteiger partial charge in [0.05, 0.1) is 6.54 Å². The number of carbonyl (C=O) groups is 2. The number of carbonyl (C=O) groups excluding carboxylic acids is 2. The van der Waals surface area contributed by atoms with Crippen LogP contribution in [0.15, 0.2) is 34.9 Å². The van der Waals surface area contributed by atoms with E-state index in [1.165, 1.54) is 0 Å². The molecular weight excluding hydrogens is 294 g/mol.